The molecular weight excluding hydrogens is 282 g/mol. The van der Waals surface area contributed by atoms with Crippen molar-refractivity contribution in [3.05, 3.63) is 59.2 Å². The standard InChI is InChI=1S/C17H19NO4/c1-11-7-13(5-6-16(11)19)10-22-14-4-2-3-12(8-14)9-15(18)17(20)21/h2-8,15,19H,9-10,18H2,1H3,(H,20,21)/p+1/t15-/m0/s1. The Morgan fingerprint density at radius 2 is 2.00 bits per heavy atom. The van der Waals surface area contributed by atoms with Crippen molar-refractivity contribution in [3.8, 4) is 11.5 Å². The summed E-state index contributed by atoms with van der Waals surface area (Å²) in [5.74, 6) is 0.0348. The molecule has 0 aliphatic rings. The molecule has 0 aliphatic heterocycles. The number of benzene rings is 2. The fourth-order valence-electron chi connectivity index (χ4n) is 2.11. The highest BCUT2D eigenvalue weighted by molar-refractivity contribution is 5.71. The number of aliphatic carboxylic acids is 1. The Kier molecular flexibility index (Phi) is 5.01. The second kappa shape index (κ2) is 6.95. The molecule has 0 spiro atoms. The van der Waals surface area contributed by atoms with Gasteiger partial charge >= 0.3 is 5.97 Å². The van der Waals surface area contributed by atoms with Crippen molar-refractivity contribution in [1.82, 2.24) is 0 Å². The van der Waals surface area contributed by atoms with Gasteiger partial charge in [0.2, 0.25) is 0 Å². The Morgan fingerprint density at radius 3 is 2.68 bits per heavy atom. The molecule has 2 aromatic rings. The maximum atomic E-state index is 10.8. The highest BCUT2D eigenvalue weighted by Gasteiger charge is 2.16. The van der Waals surface area contributed by atoms with Crippen LogP contribution in [0.3, 0.4) is 0 Å². The lowest BCUT2D eigenvalue weighted by molar-refractivity contribution is -0.407. The third-order valence-electron chi connectivity index (χ3n) is 3.40. The van der Waals surface area contributed by atoms with Crippen LogP contribution in [0.25, 0.3) is 0 Å². The minimum Gasteiger partial charge on any atom is -0.508 e. The number of ether oxygens (including phenoxy) is 1. The van der Waals surface area contributed by atoms with Crippen LogP contribution in [0, 0.1) is 6.92 Å². The van der Waals surface area contributed by atoms with E-state index in [-0.39, 0.29) is 5.75 Å². The molecule has 0 aromatic heterocycles. The van der Waals surface area contributed by atoms with E-state index in [9.17, 15) is 9.90 Å². The second-order valence-corrected chi connectivity index (χ2v) is 5.30. The second-order valence-electron chi connectivity index (χ2n) is 5.30. The van der Waals surface area contributed by atoms with E-state index in [1.54, 1.807) is 6.07 Å². The lowest BCUT2D eigenvalue weighted by atomic mass is 10.1. The zero-order chi connectivity index (χ0) is 16.1. The Hall–Kier alpha value is -2.53. The van der Waals surface area contributed by atoms with Gasteiger partial charge < -0.3 is 20.7 Å². The van der Waals surface area contributed by atoms with Gasteiger partial charge in [0.15, 0.2) is 6.04 Å². The number of phenols is 1. The molecule has 22 heavy (non-hydrogen) atoms. The summed E-state index contributed by atoms with van der Waals surface area (Å²) in [6.07, 6.45) is 0.366. The number of aromatic hydroxyl groups is 1. The molecule has 0 amide bonds. The summed E-state index contributed by atoms with van der Waals surface area (Å²) in [5.41, 5.74) is 6.25. The van der Waals surface area contributed by atoms with E-state index in [0.717, 1.165) is 16.7 Å². The minimum absolute atomic E-state index is 0.265. The van der Waals surface area contributed by atoms with Gasteiger partial charge in [0.1, 0.15) is 18.1 Å². The average Bonchev–Trinajstić information content (AvgIpc) is 2.49. The van der Waals surface area contributed by atoms with Crippen molar-refractivity contribution < 1.29 is 25.5 Å². The number of hydrogen-bond acceptors (Lipinski definition) is 3. The van der Waals surface area contributed by atoms with Crippen LogP contribution in [0.2, 0.25) is 0 Å². The van der Waals surface area contributed by atoms with Gasteiger partial charge in [-0.05, 0) is 47.9 Å². The van der Waals surface area contributed by atoms with Crippen molar-refractivity contribution >= 4 is 5.97 Å². The summed E-state index contributed by atoms with van der Waals surface area (Å²) in [6.45, 7) is 2.22. The molecule has 2 rings (SSSR count). The van der Waals surface area contributed by atoms with Crippen LogP contribution in [-0.4, -0.2) is 22.2 Å². The molecule has 0 fully saturated rings. The molecule has 116 valence electrons. The van der Waals surface area contributed by atoms with Gasteiger partial charge in [-0.15, -0.1) is 0 Å². The first-order chi connectivity index (χ1) is 10.5. The summed E-state index contributed by atoms with van der Waals surface area (Å²) >= 11 is 0. The molecule has 0 aliphatic carbocycles. The van der Waals surface area contributed by atoms with Crippen molar-refractivity contribution in [2.75, 3.05) is 0 Å². The van der Waals surface area contributed by atoms with E-state index in [4.69, 9.17) is 9.84 Å². The van der Waals surface area contributed by atoms with Crippen LogP contribution >= 0.6 is 0 Å². The van der Waals surface area contributed by atoms with E-state index >= 15 is 0 Å². The first-order valence-corrected chi connectivity index (χ1v) is 7.02. The molecule has 0 saturated carbocycles. The number of hydrogen-bond donors (Lipinski definition) is 3. The number of carboxylic acids is 1. The molecule has 0 saturated heterocycles. The normalized spacial score (nSPS) is 11.9. The molecule has 0 bridgehead atoms. The highest BCUT2D eigenvalue weighted by atomic mass is 16.5. The van der Waals surface area contributed by atoms with Crippen LogP contribution in [0.15, 0.2) is 42.5 Å². The molecule has 2 aromatic carbocycles. The highest BCUT2D eigenvalue weighted by Crippen LogP contribution is 2.20. The summed E-state index contributed by atoms with van der Waals surface area (Å²) < 4.78 is 5.72. The number of phenolic OH excluding ortho intramolecular Hbond substituents is 1. The van der Waals surface area contributed by atoms with Crippen molar-refractivity contribution in [2.24, 2.45) is 0 Å². The quantitative estimate of drug-likeness (QED) is 0.754. The smallest absolute Gasteiger partial charge is 0.362 e. The zero-order valence-electron chi connectivity index (χ0n) is 12.5. The largest absolute Gasteiger partial charge is 0.508 e. The lowest BCUT2D eigenvalue weighted by Crippen LogP contribution is -2.65. The molecule has 5 N–H and O–H groups in total. The molecule has 5 nitrogen and oxygen atoms in total. The van der Waals surface area contributed by atoms with Crippen molar-refractivity contribution in [2.45, 2.75) is 26.0 Å². The van der Waals surface area contributed by atoms with E-state index in [1.165, 1.54) is 0 Å². The maximum absolute atomic E-state index is 10.8. The van der Waals surface area contributed by atoms with E-state index < -0.39 is 12.0 Å². The number of rotatable bonds is 6. The van der Waals surface area contributed by atoms with Gasteiger partial charge in [-0.2, -0.15) is 0 Å². The number of carbonyl (C=O) groups is 1. The third-order valence-corrected chi connectivity index (χ3v) is 3.40. The van der Waals surface area contributed by atoms with E-state index in [0.29, 0.717) is 18.8 Å². The van der Waals surface area contributed by atoms with Gasteiger partial charge in [0, 0.05) is 6.42 Å². The van der Waals surface area contributed by atoms with Gasteiger partial charge in [-0.3, -0.25) is 0 Å². The number of quaternary nitrogens is 1. The third kappa shape index (κ3) is 4.23. The van der Waals surface area contributed by atoms with Crippen LogP contribution in [0.5, 0.6) is 11.5 Å². The lowest BCUT2D eigenvalue weighted by Gasteiger charge is -2.10. The predicted molar refractivity (Wildman–Crippen MR) is 81.6 cm³/mol. The van der Waals surface area contributed by atoms with Crippen LogP contribution < -0.4 is 10.5 Å². The SMILES string of the molecule is Cc1cc(COc2cccc(C[C@H]([NH3+])C(=O)O)c2)ccc1O. The topological polar surface area (TPSA) is 94.4 Å². The Bertz CT molecular complexity index is 669. The van der Waals surface area contributed by atoms with E-state index in [2.05, 4.69) is 5.73 Å². The Morgan fingerprint density at radius 1 is 1.23 bits per heavy atom. The van der Waals surface area contributed by atoms with Crippen molar-refractivity contribution in [1.29, 1.82) is 0 Å². The summed E-state index contributed by atoms with van der Waals surface area (Å²) in [4.78, 5) is 10.8. The fourth-order valence-corrected chi connectivity index (χ4v) is 2.11. The molecule has 0 radical (unpaired) electrons. The van der Waals surface area contributed by atoms with E-state index in [1.807, 2.05) is 43.3 Å². The first-order valence-electron chi connectivity index (χ1n) is 7.02. The maximum Gasteiger partial charge on any atom is 0.362 e. The van der Waals surface area contributed by atoms with Crippen LogP contribution in [-0.2, 0) is 17.8 Å². The summed E-state index contributed by atoms with van der Waals surface area (Å²) in [7, 11) is 0. The Labute approximate surface area is 129 Å². The summed E-state index contributed by atoms with van der Waals surface area (Å²) in [5, 5.41) is 18.4. The Balaban J connectivity index is 2.01. The number of carboxylic acid groups (broad SMARTS) is 1. The zero-order valence-corrected chi connectivity index (χ0v) is 12.5. The molecular formula is C17H20NO4+. The van der Waals surface area contributed by atoms with Gasteiger partial charge in [-0.1, -0.05) is 18.2 Å². The molecule has 0 heterocycles. The minimum atomic E-state index is -0.911. The van der Waals surface area contributed by atoms with Crippen LogP contribution in [0.4, 0.5) is 0 Å². The van der Waals surface area contributed by atoms with Gasteiger partial charge in [-0.25, -0.2) is 4.79 Å². The fraction of sp³-hybridized carbons (Fsp3) is 0.235. The van der Waals surface area contributed by atoms with Gasteiger partial charge in [0.25, 0.3) is 0 Å². The molecule has 0 unspecified atom stereocenters. The molecule has 1 atom stereocenters. The monoisotopic (exact) mass is 302 g/mol. The van der Waals surface area contributed by atoms with Crippen LogP contribution in [0.1, 0.15) is 16.7 Å². The van der Waals surface area contributed by atoms with Gasteiger partial charge in [0.05, 0.1) is 0 Å². The van der Waals surface area contributed by atoms with Crippen molar-refractivity contribution in [3.63, 3.8) is 0 Å². The first kappa shape index (κ1) is 15.9. The summed E-state index contributed by atoms with van der Waals surface area (Å²) in [6, 6.07) is 12.0. The predicted octanol–water partition coefficient (Wildman–Crippen LogP) is 1.52. The number of aryl methyl sites for hydroxylation is 1. The molecule has 5 heteroatoms. The average molecular weight is 302 g/mol.